The van der Waals surface area contributed by atoms with Crippen molar-refractivity contribution in [2.24, 2.45) is 0 Å². The first-order valence-electron chi connectivity index (χ1n) is 10.5. The number of hydrogen-bond donors (Lipinski definition) is 1. The molecule has 0 aliphatic rings. The standard InChI is InChI=1S/C23H31ClN2O4S/c1-4-18-8-6-9-19(5-2)23(18)26(31(3,28)29)16-7-10-22(27)25-15-17-30-21-13-11-20(24)12-14-21/h6,8-9,11-14H,4-5,7,10,15-17H2,1-3H3,(H,25,27). The van der Waals surface area contributed by atoms with Gasteiger partial charge in [0.1, 0.15) is 12.4 Å². The fraction of sp³-hybridized carbons (Fsp3) is 0.435. The number of sulfonamides is 1. The van der Waals surface area contributed by atoms with E-state index in [-0.39, 0.29) is 18.9 Å². The van der Waals surface area contributed by atoms with Gasteiger partial charge in [-0.2, -0.15) is 0 Å². The lowest BCUT2D eigenvalue weighted by Crippen LogP contribution is -2.34. The molecule has 31 heavy (non-hydrogen) atoms. The molecule has 1 amide bonds. The minimum Gasteiger partial charge on any atom is -0.492 e. The topological polar surface area (TPSA) is 75.7 Å². The Labute approximate surface area is 190 Å². The van der Waals surface area contributed by atoms with Crippen molar-refractivity contribution in [3.63, 3.8) is 0 Å². The highest BCUT2D eigenvalue weighted by molar-refractivity contribution is 7.92. The van der Waals surface area contributed by atoms with Gasteiger partial charge in [-0.05, 0) is 54.7 Å². The highest BCUT2D eigenvalue weighted by atomic mass is 35.5. The zero-order valence-corrected chi connectivity index (χ0v) is 19.9. The van der Waals surface area contributed by atoms with Crippen LogP contribution in [-0.4, -0.2) is 40.3 Å². The number of benzene rings is 2. The van der Waals surface area contributed by atoms with Crippen molar-refractivity contribution in [2.75, 3.05) is 30.3 Å². The molecular formula is C23H31ClN2O4S. The molecule has 0 unspecified atom stereocenters. The van der Waals surface area contributed by atoms with Crippen LogP contribution in [0.15, 0.2) is 42.5 Å². The van der Waals surface area contributed by atoms with E-state index >= 15 is 0 Å². The van der Waals surface area contributed by atoms with Crippen LogP contribution in [0, 0.1) is 0 Å². The van der Waals surface area contributed by atoms with E-state index in [1.165, 1.54) is 10.6 Å². The summed E-state index contributed by atoms with van der Waals surface area (Å²) >= 11 is 5.83. The van der Waals surface area contributed by atoms with Crippen molar-refractivity contribution in [3.8, 4) is 5.75 Å². The predicted molar refractivity (Wildman–Crippen MR) is 127 cm³/mol. The maximum absolute atomic E-state index is 12.5. The van der Waals surface area contributed by atoms with Gasteiger partial charge in [-0.25, -0.2) is 8.42 Å². The summed E-state index contributed by atoms with van der Waals surface area (Å²) in [6.07, 6.45) is 3.36. The van der Waals surface area contributed by atoms with Gasteiger partial charge in [0.05, 0.1) is 18.5 Å². The fourth-order valence-corrected chi connectivity index (χ4v) is 4.49. The molecule has 0 aliphatic heterocycles. The molecule has 2 aromatic rings. The second-order valence-corrected chi connectivity index (χ2v) is 9.57. The molecule has 0 bridgehead atoms. The van der Waals surface area contributed by atoms with E-state index in [1.807, 2.05) is 32.0 Å². The molecular weight excluding hydrogens is 436 g/mol. The van der Waals surface area contributed by atoms with E-state index in [0.717, 1.165) is 29.7 Å². The van der Waals surface area contributed by atoms with Crippen LogP contribution in [0.3, 0.4) is 0 Å². The molecule has 2 rings (SSSR count). The number of nitrogens with one attached hydrogen (secondary N) is 1. The molecule has 8 heteroatoms. The number of aryl methyl sites for hydroxylation is 2. The second-order valence-electron chi connectivity index (χ2n) is 7.22. The van der Waals surface area contributed by atoms with Crippen LogP contribution in [0.25, 0.3) is 0 Å². The van der Waals surface area contributed by atoms with Gasteiger partial charge in [0.25, 0.3) is 0 Å². The van der Waals surface area contributed by atoms with Crippen LogP contribution in [-0.2, 0) is 27.7 Å². The van der Waals surface area contributed by atoms with E-state index in [1.54, 1.807) is 24.3 Å². The SMILES string of the molecule is CCc1cccc(CC)c1N(CCCC(=O)NCCOc1ccc(Cl)cc1)S(C)(=O)=O. The summed E-state index contributed by atoms with van der Waals surface area (Å²) in [5.74, 6) is 0.552. The molecule has 0 spiro atoms. The maximum Gasteiger partial charge on any atom is 0.232 e. The third kappa shape index (κ3) is 7.74. The molecule has 170 valence electrons. The van der Waals surface area contributed by atoms with Crippen molar-refractivity contribution < 1.29 is 17.9 Å². The number of carbonyl (C=O) groups excluding carboxylic acids is 1. The molecule has 2 aromatic carbocycles. The third-order valence-electron chi connectivity index (χ3n) is 4.89. The molecule has 0 aromatic heterocycles. The van der Waals surface area contributed by atoms with Gasteiger partial charge in [-0.15, -0.1) is 0 Å². The molecule has 0 saturated carbocycles. The zero-order valence-electron chi connectivity index (χ0n) is 18.4. The van der Waals surface area contributed by atoms with Crippen molar-refractivity contribution >= 4 is 33.2 Å². The lowest BCUT2D eigenvalue weighted by atomic mass is 10.0. The van der Waals surface area contributed by atoms with Crippen molar-refractivity contribution in [1.29, 1.82) is 0 Å². The average molecular weight is 467 g/mol. The van der Waals surface area contributed by atoms with Gasteiger partial charge in [-0.1, -0.05) is 43.6 Å². The van der Waals surface area contributed by atoms with E-state index in [4.69, 9.17) is 16.3 Å². The van der Waals surface area contributed by atoms with Gasteiger partial charge in [0, 0.05) is 18.0 Å². The normalized spacial score (nSPS) is 11.2. The number of ether oxygens (including phenoxy) is 1. The van der Waals surface area contributed by atoms with Crippen LogP contribution in [0.2, 0.25) is 5.02 Å². The number of nitrogens with zero attached hydrogens (tertiary/aromatic N) is 1. The highest BCUT2D eigenvalue weighted by Crippen LogP contribution is 2.29. The smallest absolute Gasteiger partial charge is 0.232 e. The largest absolute Gasteiger partial charge is 0.492 e. The molecule has 0 saturated heterocycles. The van der Waals surface area contributed by atoms with E-state index in [9.17, 15) is 13.2 Å². The molecule has 0 fully saturated rings. The maximum atomic E-state index is 12.5. The Morgan fingerprint density at radius 2 is 1.68 bits per heavy atom. The quantitative estimate of drug-likeness (QED) is 0.475. The molecule has 0 radical (unpaired) electrons. The van der Waals surface area contributed by atoms with Gasteiger partial charge in [0.2, 0.25) is 15.9 Å². The number of amides is 1. The predicted octanol–water partition coefficient (Wildman–Crippen LogP) is 4.21. The minimum atomic E-state index is -3.46. The summed E-state index contributed by atoms with van der Waals surface area (Å²) in [5, 5.41) is 3.44. The van der Waals surface area contributed by atoms with E-state index < -0.39 is 10.0 Å². The molecule has 1 N–H and O–H groups in total. The Morgan fingerprint density at radius 1 is 1.06 bits per heavy atom. The van der Waals surface area contributed by atoms with E-state index in [2.05, 4.69) is 5.32 Å². The third-order valence-corrected chi connectivity index (χ3v) is 6.30. The highest BCUT2D eigenvalue weighted by Gasteiger charge is 2.22. The van der Waals surface area contributed by atoms with Crippen LogP contribution in [0.1, 0.15) is 37.8 Å². The van der Waals surface area contributed by atoms with Crippen molar-refractivity contribution in [2.45, 2.75) is 39.5 Å². The van der Waals surface area contributed by atoms with Crippen LogP contribution < -0.4 is 14.4 Å². The molecule has 0 aliphatic carbocycles. The van der Waals surface area contributed by atoms with Crippen molar-refractivity contribution in [3.05, 3.63) is 58.6 Å². The average Bonchev–Trinajstić information content (AvgIpc) is 2.74. The first-order valence-corrected chi connectivity index (χ1v) is 12.7. The summed E-state index contributed by atoms with van der Waals surface area (Å²) in [7, 11) is -3.46. The Balaban J connectivity index is 1.88. The van der Waals surface area contributed by atoms with Crippen molar-refractivity contribution in [1.82, 2.24) is 5.32 Å². The summed E-state index contributed by atoms with van der Waals surface area (Å²) in [6, 6.07) is 12.9. The summed E-state index contributed by atoms with van der Waals surface area (Å²) in [4.78, 5) is 12.2. The Morgan fingerprint density at radius 3 is 2.23 bits per heavy atom. The number of anilines is 1. The number of carbonyl (C=O) groups is 1. The summed E-state index contributed by atoms with van der Waals surface area (Å²) < 4.78 is 32.0. The Hall–Kier alpha value is -2.25. The van der Waals surface area contributed by atoms with Crippen LogP contribution in [0.5, 0.6) is 5.75 Å². The Kier molecular flexibility index (Phi) is 9.65. The monoisotopic (exact) mass is 466 g/mol. The number of para-hydroxylation sites is 1. The molecule has 6 nitrogen and oxygen atoms in total. The Bertz CT molecular complexity index is 940. The molecule has 0 atom stereocenters. The summed E-state index contributed by atoms with van der Waals surface area (Å²) in [5.41, 5.74) is 2.74. The van der Waals surface area contributed by atoms with Crippen LogP contribution >= 0.6 is 11.6 Å². The first kappa shape index (κ1) is 25.0. The van der Waals surface area contributed by atoms with Gasteiger partial charge in [0.15, 0.2) is 0 Å². The number of rotatable bonds is 12. The fourth-order valence-electron chi connectivity index (χ4n) is 3.34. The van der Waals surface area contributed by atoms with Gasteiger partial charge in [-0.3, -0.25) is 9.10 Å². The number of halogens is 1. The minimum absolute atomic E-state index is 0.132. The second kappa shape index (κ2) is 12.0. The lowest BCUT2D eigenvalue weighted by molar-refractivity contribution is -0.121. The van der Waals surface area contributed by atoms with E-state index in [0.29, 0.717) is 30.3 Å². The molecule has 0 heterocycles. The van der Waals surface area contributed by atoms with Crippen LogP contribution in [0.4, 0.5) is 5.69 Å². The van der Waals surface area contributed by atoms with Gasteiger partial charge >= 0.3 is 0 Å². The first-order chi connectivity index (χ1) is 14.8. The lowest BCUT2D eigenvalue weighted by Gasteiger charge is -2.27. The van der Waals surface area contributed by atoms with Gasteiger partial charge < -0.3 is 10.1 Å². The summed E-state index contributed by atoms with van der Waals surface area (Å²) in [6.45, 7) is 5.00. The zero-order chi connectivity index (χ0) is 22.9. The number of hydrogen-bond acceptors (Lipinski definition) is 4.